The summed E-state index contributed by atoms with van der Waals surface area (Å²) in [7, 11) is 0. The van der Waals surface area contributed by atoms with Crippen molar-refractivity contribution in [1.29, 1.82) is 0 Å². The first kappa shape index (κ1) is 11.5. The number of allylic oxidation sites excluding steroid dienone is 3. The first-order valence-corrected chi connectivity index (χ1v) is 5.30. The van der Waals surface area contributed by atoms with E-state index in [9.17, 15) is 0 Å². The zero-order valence-electron chi connectivity index (χ0n) is 10.2. The molecule has 0 saturated heterocycles. The fraction of sp³-hybridized carbons (Fsp3) is 0.0714. The minimum absolute atomic E-state index is 0. The van der Waals surface area contributed by atoms with E-state index in [1.54, 1.807) is 0 Å². The second-order valence-corrected chi connectivity index (χ2v) is 3.82. The molecular weight excluding hydrogens is 206 g/mol. The van der Waals surface area contributed by atoms with Crippen LogP contribution in [0.2, 0.25) is 0 Å². The summed E-state index contributed by atoms with van der Waals surface area (Å²) < 4.78 is 0. The van der Waals surface area contributed by atoms with Crippen LogP contribution in [0.1, 0.15) is 13.4 Å². The minimum atomic E-state index is 0. The van der Waals surface area contributed by atoms with Gasteiger partial charge in [-0.15, -0.1) is 6.08 Å². The predicted molar refractivity (Wildman–Crippen MR) is 69.1 cm³/mol. The quantitative estimate of drug-likeness (QED) is 0.545. The molecule has 1 unspecified atom stereocenters. The Morgan fingerprint density at radius 3 is 2.88 bits per heavy atom. The molecule has 16 heavy (non-hydrogen) atoms. The maximum Gasteiger partial charge on any atom is 2.00 e. The molecule has 0 bridgehead atoms. The number of benzene rings is 1. The van der Waals surface area contributed by atoms with Gasteiger partial charge in [-0.3, -0.25) is 4.90 Å². The van der Waals surface area contributed by atoms with E-state index in [0.717, 1.165) is 6.42 Å². The SMILES string of the molecule is C1=CC([NH+]2C=Cc3ccccc32)=CC[CH-]1.[H-].[Mg+2]. The molecule has 0 radical (unpaired) electrons. The van der Waals surface area contributed by atoms with E-state index < -0.39 is 0 Å². The van der Waals surface area contributed by atoms with Crippen molar-refractivity contribution in [3.05, 3.63) is 66.4 Å². The summed E-state index contributed by atoms with van der Waals surface area (Å²) in [6, 6.07) is 8.55. The molecule has 1 aliphatic carbocycles. The van der Waals surface area contributed by atoms with Crippen molar-refractivity contribution in [2.24, 2.45) is 0 Å². The fourth-order valence-electron chi connectivity index (χ4n) is 2.12. The standard InChI is InChI=1S/C14H12N.Mg.H/c1-2-7-13(8-3-1)15-11-10-12-6-4-5-9-14(12)15;;/h1-2,4-11H,3H2;;/q-1;+2;-1/p+1. The maximum absolute atomic E-state index is 2.28. The Balaban J connectivity index is 0.000000722. The van der Waals surface area contributed by atoms with Gasteiger partial charge in [-0.25, -0.2) is 12.5 Å². The van der Waals surface area contributed by atoms with Crippen molar-refractivity contribution in [2.75, 3.05) is 0 Å². The number of hydrogen-bond donors (Lipinski definition) is 1. The van der Waals surface area contributed by atoms with Gasteiger partial charge in [0.15, 0.2) is 0 Å². The van der Waals surface area contributed by atoms with Crippen LogP contribution in [0.4, 0.5) is 5.69 Å². The molecule has 1 nitrogen and oxygen atoms in total. The van der Waals surface area contributed by atoms with Crippen molar-refractivity contribution >= 4 is 34.8 Å². The van der Waals surface area contributed by atoms with Crippen LogP contribution >= 0.6 is 0 Å². The van der Waals surface area contributed by atoms with Gasteiger partial charge in [0.1, 0.15) is 11.9 Å². The number of nitrogens with one attached hydrogen (secondary N) is 1. The van der Waals surface area contributed by atoms with Crippen LogP contribution in [0.5, 0.6) is 0 Å². The molecule has 1 heterocycles. The van der Waals surface area contributed by atoms with E-state index in [1.165, 1.54) is 21.8 Å². The summed E-state index contributed by atoms with van der Waals surface area (Å²) in [6.45, 7) is 0. The molecule has 0 amide bonds. The van der Waals surface area contributed by atoms with Gasteiger partial charge in [0, 0.05) is 17.7 Å². The zero-order valence-corrected chi connectivity index (χ0v) is 10.6. The summed E-state index contributed by atoms with van der Waals surface area (Å²) in [5, 5.41) is 0. The van der Waals surface area contributed by atoms with Gasteiger partial charge in [-0.05, 0) is 6.07 Å². The van der Waals surface area contributed by atoms with Gasteiger partial charge in [-0.1, -0.05) is 24.6 Å². The molecule has 0 fully saturated rings. The zero-order chi connectivity index (χ0) is 10.1. The third-order valence-corrected chi connectivity index (χ3v) is 2.88. The molecule has 0 spiro atoms. The van der Waals surface area contributed by atoms with Gasteiger partial charge in [0.2, 0.25) is 0 Å². The third-order valence-electron chi connectivity index (χ3n) is 2.88. The van der Waals surface area contributed by atoms with Crippen LogP contribution < -0.4 is 4.90 Å². The monoisotopic (exact) mass is 220 g/mol. The van der Waals surface area contributed by atoms with Crippen LogP contribution in [-0.4, -0.2) is 23.1 Å². The van der Waals surface area contributed by atoms with Crippen LogP contribution in [0.3, 0.4) is 0 Å². The Hall–Kier alpha value is -0.964. The molecule has 2 aliphatic rings. The molecule has 1 aliphatic heterocycles. The molecule has 0 aromatic heterocycles. The van der Waals surface area contributed by atoms with E-state index in [-0.39, 0.29) is 24.5 Å². The summed E-state index contributed by atoms with van der Waals surface area (Å²) in [4.78, 5) is 1.36. The largest absolute Gasteiger partial charge is 2.00 e. The van der Waals surface area contributed by atoms with Crippen molar-refractivity contribution in [3.8, 4) is 0 Å². The summed E-state index contributed by atoms with van der Waals surface area (Å²) in [6.07, 6.45) is 14.2. The molecular formula is C14H14MgN+. The first-order chi connectivity index (χ1) is 7.45. The molecule has 3 rings (SSSR count). The van der Waals surface area contributed by atoms with Gasteiger partial charge < -0.3 is 1.43 Å². The van der Waals surface area contributed by atoms with Crippen molar-refractivity contribution in [2.45, 2.75) is 6.42 Å². The summed E-state index contributed by atoms with van der Waals surface area (Å²) in [5.41, 5.74) is 4.03. The molecule has 2 heteroatoms. The van der Waals surface area contributed by atoms with E-state index in [0.29, 0.717) is 0 Å². The van der Waals surface area contributed by atoms with E-state index >= 15 is 0 Å². The number of hydrogen-bond acceptors (Lipinski definition) is 0. The predicted octanol–water partition coefficient (Wildman–Crippen LogP) is 1.97. The summed E-state index contributed by atoms with van der Waals surface area (Å²) in [5.74, 6) is 0. The Morgan fingerprint density at radius 2 is 2.06 bits per heavy atom. The Kier molecular flexibility index (Phi) is 3.54. The smallest absolute Gasteiger partial charge is 1.00 e. The Bertz CT molecular complexity index is 477. The molecule has 1 atom stereocenters. The Labute approximate surface area is 114 Å². The second-order valence-electron chi connectivity index (χ2n) is 3.82. The maximum atomic E-state index is 2.28. The van der Waals surface area contributed by atoms with Crippen LogP contribution in [0.15, 0.2) is 54.4 Å². The number of rotatable bonds is 1. The average molecular weight is 221 g/mol. The molecule has 0 saturated carbocycles. The molecule has 76 valence electrons. The Morgan fingerprint density at radius 1 is 1.19 bits per heavy atom. The molecule has 1 N–H and O–H groups in total. The fourth-order valence-corrected chi connectivity index (χ4v) is 2.12. The molecule has 1 aromatic rings. The molecule has 1 aromatic carbocycles. The van der Waals surface area contributed by atoms with Gasteiger partial charge in [0.25, 0.3) is 0 Å². The second kappa shape index (κ2) is 4.91. The third kappa shape index (κ3) is 1.96. The van der Waals surface area contributed by atoms with Crippen LogP contribution in [0.25, 0.3) is 6.08 Å². The average Bonchev–Trinajstić information content (AvgIpc) is 2.74. The number of para-hydroxylation sites is 1. The topological polar surface area (TPSA) is 4.44 Å². The number of fused-ring (bicyclic) bond motifs is 1. The first-order valence-electron chi connectivity index (χ1n) is 5.30. The van der Waals surface area contributed by atoms with Crippen molar-refractivity contribution in [3.63, 3.8) is 0 Å². The van der Waals surface area contributed by atoms with Gasteiger partial charge >= 0.3 is 23.1 Å². The van der Waals surface area contributed by atoms with E-state index in [2.05, 4.69) is 61.2 Å². The minimum Gasteiger partial charge on any atom is -1.00 e. The van der Waals surface area contributed by atoms with Crippen molar-refractivity contribution < 1.29 is 6.33 Å². The van der Waals surface area contributed by atoms with Gasteiger partial charge in [0.05, 0.1) is 5.70 Å². The summed E-state index contributed by atoms with van der Waals surface area (Å²) >= 11 is 0. The van der Waals surface area contributed by atoms with Crippen molar-refractivity contribution in [1.82, 2.24) is 0 Å². The normalized spacial score (nSPS) is 20.8. The van der Waals surface area contributed by atoms with Crippen LogP contribution in [0, 0.1) is 6.42 Å². The van der Waals surface area contributed by atoms with Gasteiger partial charge in [-0.2, -0.15) is 0 Å². The van der Waals surface area contributed by atoms with E-state index in [4.69, 9.17) is 0 Å². The van der Waals surface area contributed by atoms with E-state index in [1.807, 2.05) is 0 Å². The number of quaternary nitrogens is 1. The van der Waals surface area contributed by atoms with Crippen LogP contribution in [-0.2, 0) is 0 Å².